The second kappa shape index (κ2) is 4.01. The van der Waals surface area contributed by atoms with Crippen LogP contribution in [0, 0.1) is 5.82 Å². The van der Waals surface area contributed by atoms with Crippen molar-refractivity contribution in [3.05, 3.63) is 21.1 Å². The van der Waals surface area contributed by atoms with Gasteiger partial charge in [-0.2, -0.15) is 0 Å². The molecule has 0 bridgehead atoms. The van der Waals surface area contributed by atoms with Gasteiger partial charge >= 0.3 is 6.36 Å². The van der Waals surface area contributed by atoms with E-state index in [0.717, 1.165) is 0 Å². The number of pyridine rings is 1. The number of alkyl halides is 3. The molecule has 0 unspecified atom stereocenters. The van der Waals surface area contributed by atoms with Gasteiger partial charge in [0.1, 0.15) is 9.21 Å². The Hall–Kier alpha value is -0.370. The number of rotatable bonds is 1. The summed E-state index contributed by atoms with van der Waals surface area (Å²) in [6.45, 7) is 0. The van der Waals surface area contributed by atoms with Gasteiger partial charge in [-0.15, -0.1) is 13.2 Å². The van der Waals surface area contributed by atoms with E-state index in [-0.39, 0.29) is 9.21 Å². The predicted molar refractivity (Wildman–Crippen MR) is 46.3 cm³/mol. The van der Waals surface area contributed by atoms with Crippen LogP contribution in [0.5, 0.6) is 5.75 Å². The molecule has 8 heteroatoms. The first kappa shape index (κ1) is 11.7. The van der Waals surface area contributed by atoms with Crippen molar-refractivity contribution in [2.45, 2.75) is 6.36 Å². The molecule has 0 radical (unpaired) electrons. The third-order valence-corrected chi connectivity index (χ3v) is 2.20. The van der Waals surface area contributed by atoms with Crippen LogP contribution in [0.15, 0.2) is 15.3 Å². The van der Waals surface area contributed by atoms with Gasteiger partial charge in [0.15, 0.2) is 11.6 Å². The molecule has 0 aliphatic rings. The van der Waals surface area contributed by atoms with Crippen molar-refractivity contribution >= 4 is 31.9 Å². The van der Waals surface area contributed by atoms with Crippen molar-refractivity contribution in [3.63, 3.8) is 0 Å². The lowest BCUT2D eigenvalue weighted by Gasteiger charge is -2.10. The summed E-state index contributed by atoms with van der Waals surface area (Å²) < 4.78 is 51.1. The first-order chi connectivity index (χ1) is 6.29. The number of ether oxygens (including phenoxy) is 1. The molecule has 0 atom stereocenters. The summed E-state index contributed by atoms with van der Waals surface area (Å²) in [7, 11) is 0. The maximum absolute atomic E-state index is 12.8. The first-order valence-corrected chi connectivity index (χ1v) is 4.65. The molecule has 1 aromatic heterocycles. The van der Waals surface area contributed by atoms with E-state index >= 15 is 0 Å². The molecule has 0 aliphatic carbocycles. The highest BCUT2D eigenvalue weighted by Crippen LogP contribution is 2.31. The van der Waals surface area contributed by atoms with E-state index in [4.69, 9.17) is 0 Å². The maximum atomic E-state index is 12.8. The van der Waals surface area contributed by atoms with Crippen molar-refractivity contribution in [2.24, 2.45) is 0 Å². The summed E-state index contributed by atoms with van der Waals surface area (Å²) in [5.74, 6) is -1.66. The third-order valence-electron chi connectivity index (χ3n) is 1.08. The van der Waals surface area contributed by atoms with Crippen LogP contribution in [0.2, 0.25) is 0 Å². The molecule has 2 nitrogen and oxygen atoms in total. The standard InChI is InChI=1S/C6HBr2F4NO/c7-4-2(9)1-3(5(8)13-4)14-6(10,11)12/h1H. The van der Waals surface area contributed by atoms with Crippen LogP contribution < -0.4 is 4.74 Å². The molecule has 0 aliphatic heterocycles. The summed E-state index contributed by atoms with van der Waals surface area (Å²) in [6.07, 6.45) is -4.87. The van der Waals surface area contributed by atoms with Crippen LogP contribution in [0.3, 0.4) is 0 Å². The molecule has 0 N–H and O–H groups in total. The minimum atomic E-state index is -4.87. The van der Waals surface area contributed by atoms with Gasteiger partial charge in [-0.1, -0.05) is 0 Å². The summed E-state index contributed by atoms with van der Waals surface area (Å²) >= 11 is 5.41. The quantitative estimate of drug-likeness (QED) is 0.576. The van der Waals surface area contributed by atoms with Crippen LogP contribution in [0.4, 0.5) is 17.6 Å². The van der Waals surface area contributed by atoms with Crippen molar-refractivity contribution < 1.29 is 22.3 Å². The van der Waals surface area contributed by atoms with E-state index in [1.165, 1.54) is 0 Å². The Labute approximate surface area is 92.5 Å². The van der Waals surface area contributed by atoms with Gasteiger partial charge in [-0.3, -0.25) is 0 Å². The maximum Gasteiger partial charge on any atom is 0.573 e. The number of hydrogen-bond donors (Lipinski definition) is 0. The fourth-order valence-corrected chi connectivity index (χ4v) is 1.53. The summed E-state index contributed by atoms with van der Waals surface area (Å²) in [5, 5.41) is 0. The topological polar surface area (TPSA) is 22.1 Å². The van der Waals surface area contributed by atoms with Crippen LogP contribution in [0.1, 0.15) is 0 Å². The molecule has 1 rings (SSSR count). The minimum Gasteiger partial charge on any atom is -0.403 e. The predicted octanol–water partition coefficient (Wildman–Crippen LogP) is 3.64. The Balaban J connectivity index is 3.04. The molecular weight excluding hydrogens is 338 g/mol. The number of nitrogens with zero attached hydrogens (tertiary/aromatic N) is 1. The molecule has 1 heterocycles. The lowest BCUT2D eigenvalue weighted by molar-refractivity contribution is -0.275. The highest BCUT2D eigenvalue weighted by atomic mass is 79.9. The molecule has 0 saturated heterocycles. The fourth-order valence-electron chi connectivity index (χ4n) is 0.625. The Morgan fingerprint density at radius 2 is 1.79 bits per heavy atom. The van der Waals surface area contributed by atoms with Crippen LogP contribution in [0.25, 0.3) is 0 Å². The molecule has 78 valence electrons. The summed E-state index contributed by atoms with van der Waals surface area (Å²) in [6, 6.07) is 0.578. The van der Waals surface area contributed by atoms with E-state index in [1.54, 1.807) is 0 Å². The van der Waals surface area contributed by atoms with Crippen molar-refractivity contribution in [1.29, 1.82) is 0 Å². The average Bonchev–Trinajstić information content (AvgIpc) is 1.97. The van der Waals surface area contributed by atoms with E-state index < -0.39 is 17.9 Å². The normalized spacial score (nSPS) is 11.6. The van der Waals surface area contributed by atoms with E-state index in [1.807, 2.05) is 0 Å². The second-order valence-electron chi connectivity index (χ2n) is 2.10. The first-order valence-electron chi connectivity index (χ1n) is 3.07. The molecule has 1 aromatic rings. The Bertz CT molecular complexity index is 354. The van der Waals surface area contributed by atoms with Gasteiger partial charge in [0, 0.05) is 6.07 Å². The van der Waals surface area contributed by atoms with Gasteiger partial charge in [0.05, 0.1) is 0 Å². The smallest absolute Gasteiger partial charge is 0.403 e. The molecular formula is C6HBr2F4NO. The average molecular weight is 339 g/mol. The van der Waals surface area contributed by atoms with Gasteiger partial charge in [-0.05, 0) is 31.9 Å². The van der Waals surface area contributed by atoms with Crippen molar-refractivity contribution in [2.75, 3.05) is 0 Å². The summed E-state index contributed by atoms with van der Waals surface area (Å²) in [5.41, 5.74) is 0. The van der Waals surface area contributed by atoms with Crippen LogP contribution in [-0.4, -0.2) is 11.3 Å². The van der Waals surface area contributed by atoms with E-state index in [2.05, 4.69) is 41.6 Å². The SMILES string of the molecule is Fc1cc(OC(F)(F)F)c(Br)nc1Br. The van der Waals surface area contributed by atoms with Gasteiger partial charge in [0.2, 0.25) is 0 Å². The molecule has 0 saturated carbocycles. The zero-order chi connectivity index (χ0) is 10.9. The zero-order valence-corrected chi connectivity index (χ0v) is 9.37. The van der Waals surface area contributed by atoms with Crippen molar-refractivity contribution in [1.82, 2.24) is 4.98 Å². The van der Waals surface area contributed by atoms with Gasteiger partial charge in [-0.25, -0.2) is 9.37 Å². The minimum absolute atomic E-state index is 0.195. The molecule has 0 fully saturated rings. The lowest BCUT2D eigenvalue weighted by atomic mass is 10.4. The zero-order valence-electron chi connectivity index (χ0n) is 6.20. The highest BCUT2D eigenvalue weighted by molar-refractivity contribution is 9.11. The monoisotopic (exact) mass is 337 g/mol. The van der Waals surface area contributed by atoms with E-state index in [9.17, 15) is 17.6 Å². The molecule has 0 amide bonds. The van der Waals surface area contributed by atoms with Crippen LogP contribution in [-0.2, 0) is 0 Å². The number of aromatic nitrogens is 1. The molecule has 0 spiro atoms. The molecule has 14 heavy (non-hydrogen) atoms. The number of hydrogen-bond acceptors (Lipinski definition) is 2. The lowest BCUT2D eigenvalue weighted by Crippen LogP contribution is -2.17. The largest absolute Gasteiger partial charge is 0.573 e. The Morgan fingerprint density at radius 1 is 1.21 bits per heavy atom. The fraction of sp³-hybridized carbons (Fsp3) is 0.167. The Kier molecular flexibility index (Phi) is 3.36. The van der Waals surface area contributed by atoms with Gasteiger partial charge in [0.25, 0.3) is 0 Å². The summed E-state index contributed by atoms with van der Waals surface area (Å²) in [4.78, 5) is 3.39. The number of halogens is 6. The molecule has 0 aromatic carbocycles. The third kappa shape index (κ3) is 3.09. The van der Waals surface area contributed by atoms with Crippen LogP contribution >= 0.6 is 31.9 Å². The highest BCUT2D eigenvalue weighted by Gasteiger charge is 2.32. The second-order valence-corrected chi connectivity index (χ2v) is 3.60. The van der Waals surface area contributed by atoms with E-state index in [0.29, 0.717) is 6.07 Å². The van der Waals surface area contributed by atoms with Gasteiger partial charge < -0.3 is 4.74 Å². The van der Waals surface area contributed by atoms with Crippen molar-refractivity contribution in [3.8, 4) is 5.75 Å². The Morgan fingerprint density at radius 3 is 2.29 bits per heavy atom.